The summed E-state index contributed by atoms with van der Waals surface area (Å²) in [5, 5.41) is 8.91. The molecule has 0 N–H and O–H groups in total. The van der Waals surface area contributed by atoms with E-state index >= 15 is 0 Å². The van der Waals surface area contributed by atoms with Gasteiger partial charge >= 0.3 is 5.97 Å². The zero-order valence-corrected chi connectivity index (χ0v) is 12.1. The van der Waals surface area contributed by atoms with Crippen molar-refractivity contribution in [2.45, 2.75) is 6.92 Å². The Labute approximate surface area is 119 Å². The average Bonchev–Trinajstić information content (AvgIpc) is 2.44. The summed E-state index contributed by atoms with van der Waals surface area (Å²) in [6.07, 6.45) is 1.67. The van der Waals surface area contributed by atoms with E-state index in [-0.39, 0.29) is 0 Å². The van der Waals surface area contributed by atoms with Crippen LogP contribution in [0.3, 0.4) is 0 Å². The van der Waals surface area contributed by atoms with Crippen LogP contribution in [0.25, 0.3) is 5.57 Å². The third-order valence-corrected chi connectivity index (χ3v) is 2.50. The van der Waals surface area contributed by atoms with E-state index in [4.69, 9.17) is 14.7 Å². The quantitative estimate of drug-likeness (QED) is 0.607. The maximum absolute atomic E-state index is 12.1. The molecule has 0 bridgehead atoms. The van der Waals surface area contributed by atoms with Gasteiger partial charge in [-0.1, -0.05) is 0 Å². The molecule has 0 radical (unpaired) electrons. The minimum atomic E-state index is -0.427. The SMILES string of the molecule is CCOC(=O)/C(=C\N(C)C)c1ccc(C#N)cc1OC. The van der Waals surface area contributed by atoms with Gasteiger partial charge in [0.2, 0.25) is 0 Å². The molecule has 0 aliphatic rings. The molecule has 0 unspecified atom stereocenters. The molecule has 5 heteroatoms. The molecule has 1 aromatic carbocycles. The van der Waals surface area contributed by atoms with Gasteiger partial charge in [0.1, 0.15) is 5.75 Å². The fourth-order valence-corrected chi connectivity index (χ4v) is 1.68. The number of nitriles is 1. The molecule has 0 spiro atoms. The zero-order valence-electron chi connectivity index (χ0n) is 12.1. The molecule has 0 heterocycles. The summed E-state index contributed by atoms with van der Waals surface area (Å²) in [5.74, 6) is 0.0365. The van der Waals surface area contributed by atoms with Crippen molar-refractivity contribution in [1.82, 2.24) is 4.90 Å². The Morgan fingerprint density at radius 2 is 2.15 bits per heavy atom. The van der Waals surface area contributed by atoms with Crippen LogP contribution in [0.1, 0.15) is 18.1 Å². The van der Waals surface area contributed by atoms with E-state index < -0.39 is 5.97 Å². The molecule has 0 aliphatic carbocycles. The highest BCUT2D eigenvalue weighted by molar-refractivity contribution is 6.17. The number of ether oxygens (including phenoxy) is 2. The number of hydrogen-bond acceptors (Lipinski definition) is 5. The smallest absolute Gasteiger partial charge is 0.340 e. The molecule has 0 saturated carbocycles. The Morgan fingerprint density at radius 1 is 1.45 bits per heavy atom. The van der Waals surface area contributed by atoms with Crippen molar-refractivity contribution < 1.29 is 14.3 Å². The van der Waals surface area contributed by atoms with Gasteiger partial charge in [-0.2, -0.15) is 5.26 Å². The normalized spacial score (nSPS) is 10.7. The molecular weight excluding hydrogens is 256 g/mol. The lowest BCUT2D eigenvalue weighted by Gasteiger charge is -2.14. The van der Waals surface area contributed by atoms with Gasteiger partial charge in [0.05, 0.1) is 30.9 Å². The van der Waals surface area contributed by atoms with Crippen molar-refractivity contribution in [3.05, 3.63) is 35.5 Å². The lowest BCUT2D eigenvalue weighted by atomic mass is 10.0. The summed E-state index contributed by atoms with van der Waals surface area (Å²) in [7, 11) is 5.13. The molecule has 0 saturated heterocycles. The summed E-state index contributed by atoms with van der Waals surface area (Å²) in [6.45, 7) is 2.05. The zero-order chi connectivity index (χ0) is 15.1. The van der Waals surface area contributed by atoms with Crippen LogP contribution in [0.2, 0.25) is 0 Å². The predicted molar refractivity (Wildman–Crippen MR) is 76.0 cm³/mol. The maximum Gasteiger partial charge on any atom is 0.340 e. The molecule has 0 fully saturated rings. The van der Waals surface area contributed by atoms with Gasteiger partial charge in [-0.25, -0.2) is 4.79 Å². The van der Waals surface area contributed by atoms with Crippen LogP contribution in [0, 0.1) is 11.3 Å². The van der Waals surface area contributed by atoms with Crippen LogP contribution in [0.4, 0.5) is 0 Å². The summed E-state index contributed by atoms with van der Waals surface area (Å²) in [4.78, 5) is 13.8. The standard InChI is InChI=1S/C15H18N2O3/c1-5-20-15(18)13(10-17(2)3)12-7-6-11(9-16)8-14(12)19-4/h6-8,10H,5H2,1-4H3/b13-10-. The van der Waals surface area contributed by atoms with Crippen molar-refractivity contribution in [3.8, 4) is 11.8 Å². The second-order valence-corrected chi connectivity index (χ2v) is 4.25. The van der Waals surface area contributed by atoms with Gasteiger partial charge in [-0.15, -0.1) is 0 Å². The fourth-order valence-electron chi connectivity index (χ4n) is 1.68. The topological polar surface area (TPSA) is 62.6 Å². The molecule has 106 valence electrons. The molecule has 1 rings (SSSR count). The van der Waals surface area contributed by atoms with Gasteiger partial charge in [0, 0.05) is 25.9 Å². The Bertz CT molecular complexity index is 557. The predicted octanol–water partition coefficient (Wildman–Crippen LogP) is 2.03. The number of hydrogen-bond donors (Lipinski definition) is 0. The van der Waals surface area contributed by atoms with Crippen LogP contribution in [0.15, 0.2) is 24.4 Å². The van der Waals surface area contributed by atoms with Crippen molar-refractivity contribution in [3.63, 3.8) is 0 Å². The van der Waals surface area contributed by atoms with Gasteiger partial charge < -0.3 is 14.4 Å². The molecule has 0 atom stereocenters. The number of carbonyl (C=O) groups is 1. The van der Waals surface area contributed by atoms with E-state index in [1.165, 1.54) is 7.11 Å². The number of nitrogens with zero attached hydrogens (tertiary/aromatic N) is 2. The monoisotopic (exact) mass is 274 g/mol. The van der Waals surface area contributed by atoms with Crippen LogP contribution in [0.5, 0.6) is 5.75 Å². The number of esters is 1. The van der Waals surface area contributed by atoms with Crippen LogP contribution < -0.4 is 4.74 Å². The van der Waals surface area contributed by atoms with Crippen molar-refractivity contribution >= 4 is 11.5 Å². The Balaban J connectivity index is 3.35. The first-order valence-corrected chi connectivity index (χ1v) is 6.17. The first kappa shape index (κ1) is 15.6. The highest BCUT2D eigenvalue weighted by Gasteiger charge is 2.18. The number of benzene rings is 1. The Kier molecular flexibility index (Phi) is 5.60. The second kappa shape index (κ2) is 7.19. The van der Waals surface area contributed by atoms with Gasteiger partial charge in [0.25, 0.3) is 0 Å². The third-order valence-electron chi connectivity index (χ3n) is 2.50. The first-order chi connectivity index (χ1) is 9.53. The minimum Gasteiger partial charge on any atom is -0.496 e. The second-order valence-electron chi connectivity index (χ2n) is 4.25. The van der Waals surface area contributed by atoms with E-state index in [1.54, 1.807) is 36.2 Å². The van der Waals surface area contributed by atoms with Crippen LogP contribution >= 0.6 is 0 Å². The third kappa shape index (κ3) is 3.75. The molecule has 0 aromatic heterocycles. The van der Waals surface area contributed by atoms with Gasteiger partial charge in [-0.05, 0) is 25.1 Å². The number of rotatable bonds is 5. The molecule has 0 amide bonds. The molecular formula is C15H18N2O3. The summed E-state index contributed by atoms with van der Waals surface area (Å²) < 4.78 is 10.3. The Morgan fingerprint density at radius 3 is 2.65 bits per heavy atom. The highest BCUT2D eigenvalue weighted by Crippen LogP contribution is 2.28. The molecule has 20 heavy (non-hydrogen) atoms. The number of carbonyl (C=O) groups excluding carboxylic acids is 1. The Hall–Kier alpha value is -2.48. The summed E-state index contributed by atoms with van der Waals surface area (Å²) in [6, 6.07) is 6.96. The lowest BCUT2D eigenvalue weighted by molar-refractivity contribution is -0.136. The van der Waals surface area contributed by atoms with Gasteiger partial charge in [-0.3, -0.25) is 0 Å². The molecule has 0 aliphatic heterocycles. The van der Waals surface area contributed by atoms with E-state index in [0.29, 0.717) is 29.1 Å². The largest absolute Gasteiger partial charge is 0.496 e. The van der Waals surface area contributed by atoms with Crippen LogP contribution in [-0.4, -0.2) is 38.7 Å². The highest BCUT2D eigenvalue weighted by atomic mass is 16.5. The van der Waals surface area contributed by atoms with Crippen molar-refractivity contribution in [2.24, 2.45) is 0 Å². The molecule has 1 aromatic rings. The van der Waals surface area contributed by atoms with Crippen molar-refractivity contribution in [1.29, 1.82) is 5.26 Å². The number of methoxy groups -OCH3 is 1. The summed E-state index contributed by atoms with van der Waals surface area (Å²) >= 11 is 0. The van der Waals surface area contributed by atoms with E-state index in [9.17, 15) is 4.79 Å². The minimum absolute atomic E-state index is 0.294. The average molecular weight is 274 g/mol. The fraction of sp³-hybridized carbons (Fsp3) is 0.333. The first-order valence-electron chi connectivity index (χ1n) is 6.17. The van der Waals surface area contributed by atoms with E-state index in [2.05, 4.69) is 0 Å². The summed E-state index contributed by atoms with van der Waals surface area (Å²) in [5.41, 5.74) is 1.45. The van der Waals surface area contributed by atoms with Gasteiger partial charge in [0.15, 0.2) is 0 Å². The molecule has 5 nitrogen and oxygen atoms in total. The maximum atomic E-state index is 12.1. The van der Waals surface area contributed by atoms with Crippen LogP contribution in [-0.2, 0) is 9.53 Å². The van der Waals surface area contributed by atoms with E-state index in [1.807, 2.05) is 20.2 Å². The van der Waals surface area contributed by atoms with E-state index in [0.717, 1.165) is 0 Å². The van der Waals surface area contributed by atoms with Crippen molar-refractivity contribution in [2.75, 3.05) is 27.8 Å². The lowest BCUT2D eigenvalue weighted by Crippen LogP contribution is -2.12.